The van der Waals surface area contributed by atoms with E-state index in [0.29, 0.717) is 5.41 Å². The molecule has 0 aromatic carbocycles. The highest BCUT2D eigenvalue weighted by Crippen LogP contribution is 2.21. The second-order valence-corrected chi connectivity index (χ2v) is 7.17. The first-order valence-electron chi connectivity index (χ1n) is 7.32. The summed E-state index contributed by atoms with van der Waals surface area (Å²) in [5.41, 5.74) is 0.395. The molecular weight excluding hydrogens is 208 g/mol. The molecular formula is C15H32N2. The third-order valence-electron chi connectivity index (χ3n) is 3.55. The highest BCUT2D eigenvalue weighted by molar-refractivity contribution is 4.79. The third-order valence-corrected chi connectivity index (χ3v) is 3.55. The van der Waals surface area contributed by atoms with Crippen molar-refractivity contribution in [3.05, 3.63) is 0 Å². The molecule has 1 aliphatic rings. The Balaban J connectivity index is 2.27. The second-order valence-electron chi connectivity index (χ2n) is 7.17. The highest BCUT2D eigenvalue weighted by Gasteiger charge is 2.24. The Labute approximate surface area is 108 Å². The van der Waals surface area contributed by atoms with Crippen molar-refractivity contribution in [1.29, 1.82) is 0 Å². The fraction of sp³-hybridized carbons (Fsp3) is 1.00. The molecule has 1 fully saturated rings. The van der Waals surface area contributed by atoms with Crippen LogP contribution in [0.1, 0.15) is 47.5 Å². The highest BCUT2D eigenvalue weighted by atomic mass is 15.1. The number of rotatable bonds is 6. The number of hydrogen-bond donors (Lipinski definition) is 1. The summed E-state index contributed by atoms with van der Waals surface area (Å²) in [5, 5.41) is 3.60. The minimum absolute atomic E-state index is 0.395. The standard InChI is InChI=1S/C15H32N2/c1-13(2)9-16-11-15(4,5)12-17-8-6-7-14(3)10-17/h13-14,16H,6-12H2,1-5H3. The van der Waals surface area contributed by atoms with E-state index in [1.54, 1.807) is 0 Å². The van der Waals surface area contributed by atoms with Crippen molar-refractivity contribution in [3.8, 4) is 0 Å². The Kier molecular flexibility index (Phi) is 5.94. The monoisotopic (exact) mass is 240 g/mol. The van der Waals surface area contributed by atoms with Gasteiger partial charge >= 0.3 is 0 Å². The molecule has 0 aliphatic carbocycles. The van der Waals surface area contributed by atoms with E-state index in [2.05, 4.69) is 44.8 Å². The van der Waals surface area contributed by atoms with Crippen molar-refractivity contribution in [3.63, 3.8) is 0 Å². The molecule has 0 bridgehead atoms. The molecule has 102 valence electrons. The van der Waals surface area contributed by atoms with Crippen LogP contribution in [-0.4, -0.2) is 37.6 Å². The maximum absolute atomic E-state index is 3.60. The van der Waals surface area contributed by atoms with Gasteiger partial charge in [0.15, 0.2) is 0 Å². The van der Waals surface area contributed by atoms with E-state index in [4.69, 9.17) is 0 Å². The largest absolute Gasteiger partial charge is 0.316 e. The fourth-order valence-electron chi connectivity index (χ4n) is 2.79. The maximum atomic E-state index is 3.60. The van der Waals surface area contributed by atoms with Gasteiger partial charge in [-0.1, -0.05) is 34.6 Å². The first-order valence-corrected chi connectivity index (χ1v) is 7.32. The molecule has 0 radical (unpaired) electrons. The normalized spacial score (nSPS) is 23.3. The minimum atomic E-state index is 0.395. The SMILES string of the molecule is CC(C)CNCC(C)(C)CN1CCCC(C)C1. The number of nitrogens with zero attached hydrogens (tertiary/aromatic N) is 1. The molecule has 1 rings (SSSR count). The average Bonchev–Trinajstić information content (AvgIpc) is 2.15. The van der Waals surface area contributed by atoms with Crippen LogP contribution in [0.3, 0.4) is 0 Å². The lowest BCUT2D eigenvalue weighted by molar-refractivity contribution is 0.124. The zero-order valence-electron chi connectivity index (χ0n) is 12.6. The lowest BCUT2D eigenvalue weighted by atomic mass is 9.90. The molecule has 0 aromatic rings. The van der Waals surface area contributed by atoms with Gasteiger partial charge in [0.05, 0.1) is 0 Å². The Morgan fingerprint density at radius 1 is 1.35 bits per heavy atom. The van der Waals surface area contributed by atoms with Crippen LogP contribution in [-0.2, 0) is 0 Å². The van der Waals surface area contributed by atoms with Gasteiger partial charge < -0.3 is 10.2 Å². The van der Waals surface area contributed by atoms with Crippen LogP contribution in [0, 0.1) is 17.3 Å². The van der Waals surface area contributed by atoms with E-state index < -0.39 is 0 Å². The van der Waals surface area contributed by atoms with Crippen molar-refractivity contribution in [2.45, 2.75) is 47.5 Å². The first-order chi connectivity index (χ1) is 7.89. The van der Waals surface area contributed by atoms with E-state index in [0.717, 1.165) is 24.9 Å². The fourth-order valence-corrected chi connectivity index (χ4v) is 2.79. The zero-order valence-corrected chi connectivity index (χ0v) is 12.6. The molecule has 0 aromatic heterocycles. The molecule has 2 nitrogen and oxygen atoms in total. The molecule has 0 saturated carbocycles. The summed E-state index contributed by atoms with van der Waals surface area (Å²) in [6, 6.07) is 0. The van der Waals surface area contributed by atoms with Gasteiger partial charge in [-0.05, 0) is 43.2 Å². The summed E-state index contributed by atoms with van der Waals surface area (Å²) in [6.45, 7) is 17.8. The van der Waals surface area contributed by atoms with Crippen LogP contribution < -0.4 is 5.32 Å². The molecule has 1 heterocycles. The van der Waals surface area contributed by atoms with Crippen molar-refractivity contribution >= 4 is 0 Å². The second kappa shape index (κ2) is 6.75. The van der Waals surface area contributed by atoms with Gasteiger partial charge in [-0.15, -0.1) is 0 Å². The summed E-state index contributed by atoms with van der Waals surface area (Å²) < 4.78 is 0. The Morgan fingerprint density at radius 3 is 2.65 bits per heavy atom. The number of likely N-dealkylation sites (tertiary alicyclic amines) is 1. The van der Waals surface area contributed by atoms with Crippen LogP contribution in [0.25, 0.3) is 0 Å². The van der Waals surface area contributed by atoms with E-state index in [1.807, 2.05) is 0 Å². The summed E-state index contributed by atoms with van der Waals surface area (Å²) in [7, 11) is 0. The lowest BCUT2D eigenvalue weighted by Gasteiger charge is -2.37. The van der Waals surface area contributed by atoms with Crippen LogP contribution in [0.5, 0.6) is 0 Å². The average molecular weight is 240 g/mol. The lowest BCUT2D eigenvalue weighted by Crippen LogP contribution is -2.44. The summed E-state index contributed by atoms with van der Waals surface area (Å²) in [5.74, 6) is 1.64. The van der Waals surface area contributed by atoms with Gasteiger partial charge in [-0.25, -0.2) is 0 Å². The molecule has 1 atom stereocenters. The van der Waals surface area contributed by atoms with E-state index in [1.165, 1.54) is 32.5 Å². The molecule has 1 N–H and O–H groups in total. The van der Waals surface area contributed by atoms with Crippen molar-refractivity contribution in [1.82, 2.24) is 10.2 Å². The van der Waals surface area contributed by atoms with Gasteiger partial charge in [-0.3, -0.25) is 0 Å². The van der Waals surface area contributed by atoms with Crippen molar-refractivity contribution < 1.29 is 0 Å². The van der Waals surface area contributed by atoms with Gasteiger partial charge in [-0.2, -0.15) is 0 Å². The van der Waals surface area contributed by atoms with E-state index in [9.17, 15) is 0 Å². The van der Waals surface area contributed by atoms with Gasteiger partial charge in [0, 0.05) is 19.6 Å². The number of nitrogens with one attached hydrogen (secondary N) is 1. The van der Waals surface area contributed by atoms with Gasteiger partial charge in [0.25, 0.3) is 0 Å². The molecule has 17 heavy (non-hydrogen) atoms. The molecule has 2 heteroatoms. The number of piperidine rings is 1. The maximum Gasteiger partial charge on any atom is 0.00449 e. The molecule has 1 saturated heterocycles. The summed E-state index contributed by atoms with van der Waals surface area (Å²) in [4.78, 5) is 2.66. The van der Waals surface area contributed by atoms with Gasteiger partial charge in [0.1, 0.15) is 0 Å². The van der Waals surface area contributed by atoms with Crippen LogP contribution in [0.15, 0.2) is 0 Å². The molecule has 1 unspecified atom stereocenters. The van der Waals surface area contributed by atoms with Crippen LogP contribution in [0.4, 0.5) is 0 Å². The third kappa shape index (κ3) is 6.42. The predicted molar refractivity (Wildman–Crippen MR) is 76.3 cm³/mol. The van der Waals surface area contributed by atoms with Gasteiger partial charge in [0.2, 0.25) is 0 Å². The first kappa shape index (κ1) is 15.0. The van der Waals surface area contributed by atoms with Crippen LogP contribution >= 0.6 is 0 Å². The zero-order chi connectivity index (χ0) is 12.9. The predicted octanol–water partition coefficient (Wildman–Crippen LogP) is 2.99. The van der Waals surface area contributed by atoms with E-state index >= 15 is 0 Å². The molecule has 1 aliphatic heterocycles. The molecule has 0 spiro atoms. The quantitative estimate of drug-likeness (QED) is 0.768. The Morgan fingerprint density at radius 2 is 2.06 bits per heavy atom. The summed E-state index contributed by atoms with van der Waals surface area (Å²) >= 11 is 0. The topological polar surface area (TPSA) is 15.3 Å². The van der Waals surface area contributed by atoms with E-state index in [-0.39, 0.29) is 0 Å². The van der Waals surface area contributed by atoms with Crippen molar-refractivity contribution in [2.24, 2.45) is 17.3 Å². The number of hydrogen-bond acceptors (Lipinski definition) is 2. The Hall–Kier alpha value is -0.0800. The Bertz CT molecular complexity index is 211. The summed E-state index contributed by atoms with van der Waals surface area (Å²) in [6.07, 6.45) is 2.80. The minimum Gasteiger partial charge on any atom is -0.316 e. The molecule has 0 amide bonds. The van der Waals surface area contributed by atoms with Crippen LogP contribution in [0.2, 0.25) is 0 Å². The van der Waals surface area contributed by atoms with Crippen molar-refractivity contribution in [2.75, 3.05) is 32.7 Å². The smallest absolute Gasteiger partial charge is 0.00449 e.